The molecule has 7 nitrogen and oxygen atoms in total. The van der Waals surface area contributed by atoms with Gasteiger partial charge in [0, 0.05) is 51.6 Å². The van der Waals surface area contributed by atoms with Crippen molar-refractivity contribution in [2.75, 3.05) is 0 Å². The Balaban J connectivity index is 1.25. The summed E-state index contributed by atoms with van der Waals surface area (Å²) in [6.07, 6.45) is 13.4. The van der Waals surface area contributed by atoms with Crippen LogP contribution in [0.2, 0.25) is 0 Å². The summed E-state index contributed by atoms with van der Waals surface area (Å²) in [5.41, 5.74) is 6.73. The lowest BCUT2D eigenvalue weighted by Gasteiger charge is -2.23. The van der Waals surface area contributed by atoms with E-state index < -0.39 is 0 Å². The van der Waals surface area contributed by atoms with E-state index in [1.165, 1.54) is 31.4 Å². The highest BCUT2D eigenvalue weighted by molar-refractivity contribution is 6.00. The van der Waals surface area contributed by atoms with Gasteiger partial charge in [0.2, 0.25) is 0 Å². The molecule has 1 aliphatic carbocycles. The third kappa shape index (κ3) is 4.18. The van der Waals surface area contributed by atoms with E-state index >= 15 is 0 Å². The van der Waals surface area contributed by atoms with Gasteiger partial charge in [-0.25, -0.2) is 9.37 Å². The van der Waals surface area contributed by atoms with Crippen molar-refractivity contribution in [3.63, 3.8) is 0 Å². The van der Waals surface area contributed by atoms with Gasteiger partial charge in [-0.2, -0.15) is 5.10 Å². The zero-order valence-electron chi connectivity index (χ0n) is 20.6. The molecule has 0 saturated heterocycles. The number of nitrogens with one attached hydrogen (secondary N) is 2. The predicted octanol–water partition coefficient (Wildman–Crippen LogP) is 7.08. The highest BCUT2D eigenvalue weighted by Gasteiger charge is 2.17. The lowest BCUT2D eigenvalue weighted by Crippen LogP contribution is -2.19. The van der Waals surface area contributed by atoms with Crippen LogP contribution in [0.5, 0.6) is 5.75 Å². The van der Waals surface area contributed by atoms with Gasteiger partial charge < -0.3 is 9.72 Å². The summed E-state index contributed by atoms with van der Waals surface area (Å²) in [6, 6.07) is 14.4. The molecule has 188 valence electrons. The molecule has 1 saturated carbocycles. The van der Waals surface area contributed by atoms with Gasteiger partial charge in [0.25, 0.3) is 0 Å². The average Bonchev–Trinajstić information content (AvgIpc) is 3.58. The predicted molar refractivity (Wildman–Crippen MR) is 145 cm³/mol. The maximum atomic E-state index is 13.5. The van der Waals surface area contributed by atoms with Crippen LogP contribution in [0.3, 0.4) is 0 Å². The molecule has 0 aliphatic heterocycles. The van der Waals surface area contributed by atoms with Crippen LogP contribution >= 0.6 is 0 Å². The number of H-pyrrole nitrogens is 2. The van der Waals surface area contributed by atoms with Crippen LogP contribution in [0, 0.1) is 5.82 Å². The minimum absolute atomic E-state index is 0.262. The van der Waals surface area contributed by atoms with Crippen molar-refractivity contribution in [1.82, 2.24) is 30.1 Å². The number of pyridine rings is 3. The number of benzene rings is 1. The molecule has 5 aromatic heterocycles. The molecule has 7 rings (SSSR count). The number of halogens is 1. The number of nitrogens with zero attached hydrogens (tertiary/aromatic N) is 4. The zero-order chi connectivity index (χ0) is 25.5. The van der Waals surface area contributed by atoms with Crippen LogP contribution < -0.4 is 4.74 Å². The second-order valence-electron chi connectivity index (χ2n) is 9.79. The summed E-state index contributed by atoms with van der Waals surface area (Å²) in [4.78, 5) is 17.1. The smallest absolute Gasteiger partial charge is 0.155 e. The normalized spacial score (nSPS) is 14.3. The van der Waals surface area contributed by atoms with Crippen LogP contribution in [0.25, 0.3) is 55.7 Å². The van der Waals surface area contributed by atoms with Gasteiger partial charge in [-0.1, -0.05) is 6.42 Å². The standard InChI is InChI=1S/C30H25FN6O/c31-21-8-6-18(7-9-21)28-24-14-27(35-26(24)10-11-33-28)29-25-13-20(16-34-30(25)37-36-29)19-12-23(17-32-15-19)38-22-4-2-1-3-5-22/h6-17,22,35H,1-5H2,(H,34,36,37). The van der Waals surface area contributed by atoms with Gasteiger partial charge in [0.1, 0.15) is 17.3 Å². The van der Waals surface area contributed by atoms with Crippen LogP contribution in [0.1, 0.15) is 32.1 Å². The molecule has 1 fully saturated rings. The first-order chi connectivity index (χ1) is 18.7. The topological polar surface area (TPSA) is 92.4 Å². The van der Waals surface area contributed by atoms with E-state index in [0.717, 1.165) is 68.7 Å². The summed E-state index contributed by atoms with van der Waals surface area (Å²) in [5.74, 6) is 0.515. The van der Waals surface area contributed by atoms with Crippen molar-refractivity contribution in [3.05, 3.63) is 79.1 Å². The van der Waals surface area contributed by atoms with Crippen molar-refractivity contribution < 1.29 is 9.13 Å². The first-order valence-electron chi connectivity index (χ1n) is 12.9. The Hall–Kier alpha value is -4.59. The van der Waals surface area contributed by atoms with Crippen molar-refractivity contribution in [2.45, 2.75) is 38.2 Å². The molecule has 8 heteroatoms. The van der Waals surface area contributed by atoms with E-state index in [-0.39, 0.29) is 11.9 Å². The zero-order valence-corrected chi connectivity index (χ0v) is 20.6. The fourth-order valence-electron chi connectivity index (χ4n) is 5.30. The SMILES string of the molecule is Fc1ccc(-c2nccc3[nH]c(-c4n[nH]c5ncc(-c6cncc(OC7CCCCC7)c6)cc45)cc23)cc1. The van der Waals surface area contributed by atoms with Crippen molar-refractivity contribution >= 4 is 21.9 Å². The Morgan fingerprint density at radius 1 is 0.789 bits per heavy atom. The van der Waals surface area contributed by atoms with E-state index in [2.05, 4.69) is 36.2 Å². The van der Waals surface area contributed by atoms with Gasteiger partial charge in [0.15, 0.2) is 5.65 Å². The first kappa shape index (κ1) is 22.6. The number of ether oxygens (including phenoxy) is 1. The maximum absolute atomic E-state index is 13.5. The summed E-state index contributed by atoms with van der Waals surface area (Å²) in [6.45, 7) is 0. The molecule has 0 unspecified atom stereocenters. The molecular formula is C30H25FN6O. The Bertz CT molecular complexity index is 1750. The Kier molecular flexibility index (Phi) is 5.57. The van der Waals surface area contributed by atoms with Crippen molar-refractivity contribution in [1.29, 1.82) is 0 Å². The third-order valence-corrected chi connectivity index (χ3v) is 7.24. The maximum Gasteiger partial charge on any atom is 0.155 e. The number of aromatic nitrogens is 6. The Morgan fingerprint density at radius 3 is 2.50 bits per heavy atom. The fourth-order valence-corrected chi connectivity index (χ4v) is 5.30. The molecule has 0 atom stereocenters. The second-order valence-corrected chi connectivity index (χ2v) is 9.79. The summed E-state index contributed by atoms with van der Waals surface area (Å²) < 4.78 is 19.7. The number of hydrogen-bond acceptors (Lipinski definition) is 5. The summed E-state index contributed by atoms with van der Waals surface area (Å²) in [5, 5.41) is 9.45. The molecule has 6 aromatic rings. The van der Waals surface area contributed by atoms with Gasteiger partial charge in [-0.15, -0.1) is 0 Å². The molecule has 2 N–H and O–H groups in total. The van der Waals surface area contributed by atoms with Gasteiger partial charge in [0.05, 0.1) is 23.7 Å². The Morgan fingerprint density at radius 2 is 1.63 bits per heavy atom. The number of aromatic amines is 2. The molecule has 0 amide bonds. The fraction of sp³-hybridized carbons (Fsp3) is 0.200. The van der Waals surface area contributed by atoms with Crippen LogP contribution in [0.4, 0.5) is 4.39 Å². The minimum atomic E-state index is -0.275. The molecule has 38 heavy (non-hydrogen) atoms. The molecule has 0 bridgehead atoms. The molecular weight excluding hydrogens is 479 g/mol. The molecule has 5 heterocycles. The van der Waals surface area contributed by atoms with Gasteiger partial charge in [-0.05, 0) is 74.2 Å². The van der Waals surface area contributed by atoms with Gasteiger partial charge in [-0.3, -0.25) is 15.1 Å². The van der Waals surface area contributed by atoms with E-state index in [1.54, 1.807) is 24.5 Å². The molecule has 1 aromatic carbocycles. The minimum Gasteiger partial charge on any atom is -0.489 e. The van der Waals surface area contributed by atoms with E-state index in [4.69, 9.17) is 4.74 Å². The second kappa shape index (κ2) is 9.37. The third-order valence-electron chi connectivity index (χ3n) is 7.24. The van der Waals surface area contributed by atoms with Crippen LogP contribution in [-0.4, -0.2) is 36.2 Å². The number of rotatable bonds is 5. The van der Waals surface area contributed by atoms with E-state index in [1.807, 2.05) is 30.6 Å². The number of fused-ring (bicyclic) bond motifs is 2. The average molecular weight is 505 g/mol. The van der Waals surface area contributed by atoms with Gasteiger partial charge >= 0.3 is 0 Å². The Labute approximate surface area is 218 Å². The summed E-state index contributed by atoms with van der Waals surface area (Å²) >= 11 is 0. The van der Waals surface area contributed by atoms with Crippen LogP contribution in [-0.2, 0) is 0 Å². The molecule has 1 aliphatic rings. The molecule has 0 spiro atoms. The summed E-state index contributed by atoms with van der Waals surface area (Å²) in [7, 11) is 0. The van der Waals surface area contributed by atoms with E-state index in [0.29, 0.717) is 5.65 Å². The highest BCUT2D eigenvalue weighted by atomic mass is 19.1. The van der Waals surface area contributed by atoms with Crippen LogP contribution in [0.15, 0.2) is 73.3 Å². The lowest BCUT2D eigenvalue weighted by molar-refractivity contribution is 0.154. The first-order valence-corrected chi connectivity index (χ1v) is 12.9. The van der Waals surface area contributed by atoms with Crippen molar-refractivity contribution in [2.24, 2.45) is 0 Å². The van der Waals surface area contributed by atoms with E-state index in [9.17, 15) is 4.39 Å². The number of hydrogen-bond donors (Lipinski definition) is 2. The quantitative estimate of drug-likeness (QED) is 0.262. The lowest BCUT2D eigenvalue weighted by atomic mass is 9.98. The largest absolute Gasteiger partial charge is 0.489 e. The monoisotopic (exact) mass is 504 g/mol. The molecule has 0 radical (unpaired) electrons. The van der Waals surface area contributed by atoms with Crippen molar-refractivity contribution in [3.8, 4) is 39.5 Å². The highest BCUT2D eigenvalue weighted by Crippen LogP contribution is 2.34.